The number of hydrogen-bond acceptors (Lipinski definition) is 4. The second-order valence-corrected chi connectivity index (χ2v) is 10.1. The number of pyridine rings is 1. The van der Waals surface area contributed by atoms with Crippen LogP contribution in [0.1, 0.15) is 44.7 Å². The molecule has 0 aliphatic heterocycles. The molecule has 3 aromatic rings. The van der Waals surface area contributed by atoms with Crippen molar-refractivity contribution >= 4 is 39.1 Å². The Bertz CT molecular complexity index is 1650. The number of halogens is 13. The first-order valence-electron chi connectivity index (χ1n) is 12.3. The topological polar surface area (TPSA) is 86.1 Å². The molecule has 0 radical (unpaired) electrons. The van der Waals surface area contributed by atoms with Crippen LogP contribution in [0.5, 0.6) is 0 Å². The first kappa shape index (κ1) is 36.1. The molecule has 46 heavy (non-hydrogen) atoms. The Hall–Kier alpha value is -4.34. The van der Waals surface area contributed by atoms with Gasteiger partial charge in [-0.3, -0.25) is 9.59 Å². The van der Waals surface area contributed by atoms with E-state index in [4.69, 9.17) is 5.26 Å². The van der Waals surface area contributed by atoms with E-state index in [0.29, 0.717) is 0 Å². The zero-order valence-corrected chi connectivity index (χ0v) is 23.9. The summed E-state index contributed by atoms with van der Waals surface area (Å²) in [6.45, 7) is -0.361. The van der Waals surface area contributed by atoms with Gasteiger partial charge in [-0.15, -0.1) is 0 Å². The van der Waals surface area contributed by atoms with Gasteiger partial charge in [0.1, 0.15) is 0 Å². The Balaban J connectivity index is 2.12. The molecular formula is C27H15BrF12N4O2. The minimum absolute atomic E-state index is 0.0487. The largest absolute Gasteiger partial charge is 0.435 e. The molecule has 19 heteroatoms. The highest BCUT2D eigenvalue weighted by Gasteiger charge is 2.73. The Morgan fingerprint density at radius 1 is 0.935 bits per heavy atom. The molecule has 2 aromatic carbocycles. The van der Waals surface area contributed by atoms with Crippen molar-refractivity contribution in [2.24, 2.45) is 0 Å². The van der Waals surface area contributed by atoms with Crippen LogP contribution < -0.4 is 10.2 Å². The predicted octanol–water partition coefficient (Wildman–Crippen LogP) is 8.63. The van der Waals surface area contributed by atoms with E-state index in [1.165, 1.54) is 0 Å². The van der Waals surface area contributed by atoms with Crippen LogP contribution in [0.2, 0.25) is 0 Å². The summed E-state index contributed by atoms with van der Waals surface area (Å²) >= 11 is 2.34. The third-order valence-electron chi connectivity index (χ3n) is 6.22. The standard InChI is InChI=1S/C27H15BrF12N4O2/c28-17-11-14(24(31,26(35,36)37)27(38,39)40)10-16(25(32,33)34)21(17)43-22(45)15-4-3-5-18(20(15)30)44(9-2-1-8-41)23(46)13-6-7-19(29)42-12-13/h3-7,10-12H,1-2,9H2,(H,43,45). The summed E-state index contributed by atoms with van der Waals surface area (Å²) in [6, 6.07) is 5.18. The number of hydrogen-bond donors (Lipinski definition) is 1. The van der Waals surface area contributed by atoms with Gasteiger partial charge < -0.3 is 10.2 Å². The van der Waals surface area contributed by atoms with Crippen LogP contribution in [0.4, 0.5) is 64.1 Å². The fraction of sp³-hybridized carbons (Fsp3) is 0.259. The molecule has 0 saturated carbocycles. The molecule has 0 atom stereocenters. The van der Waals surface area contributed by atoms with Crippen molar-refractivity contribution in [3.63, 3.8) is 0 Å². The predicted molar refractivity (Wildman–Crippen MR) is 139 cm³/mol. The average molecular weight is 735 g/mol. The monoisotopic (exact) mass is 734 g/mol. The first-order chi connectivity index (χ1) is 21.1. The summed E-state index contributed by atoms with van der Waals surface area (Å²) in [5, 5.41) is 10.4. The number of rotatable bonds is 8. The van der Waals surface area contributed by atoms with Crippen LogP contribution in [0.3, 0.4) is 0 Å². The van der Waals surface area contributed by atoms with Crippen LogP contribution >= 0.6 is 15.9 Å². The number of amides is 2. The van der Waals surface area contributed by atoms with Gasteiger partial charge in [0.2, 0.25) is 5.95 Å². The maximum atomic E-state index is 15.7. The molecule has 0 unspecified atom stereocenters. The van der Waals surface area contributed by atoms with Gasteiger partial charge in [-0.1, -0.05) is 6.07 Å². The van der Waals surface area contributed by atoms with Gasteiger partial charge in [0.25, 0.3) is 11.8 Å². The lowest BCUT2D eigenvalue weighted by Gasteiger charge is -2.31. The minimum atomic E-state index is -6.76. The zero-order valence-electron chi connectivity index (χ0n) is 22.3. The molecular weight excluding hydrogens is 720 g/mol. The second-order valence-electron chi connectivity index (χ2n) is 9.21. The van der Waals surface area contributed by atoms with E-state index < -0.39 is 86.4 Å². The van der Waals surface area contributed by atoms with Gasteiger partial charge in [-0.2, -0.15) is 49.2 Å². The van der Waals surface area contributed by atoms with Crippen molar-refractivity contribution in [3.8, 4) is 6.07 Å². The van der Waals surface area contributed by atoms with Crippen molar-refractivity contribution < 1.29 is 62.3 Å². The molecule has 0 aliphatic carbocycles. The first-order valence-corrected chi connectivity index (χ1v) is 13.1. The molecule has 1 N–H and O–H groups in total. The summed E-state index contributed by atoms with van der Waals surface area (Å²) in [4.78, 5) is 30.2. The van der Waals surface area contributed by atoms with E-state index in [1.54, 1.807) is 11.4 Å². The highest BCUT2D eigenvalue weighted by molar-refractivity contribution is 9.10. The molecule has 0 bridgehead atoms. The van der Waals surface area contributed by atoms with Crippen molar-refractivity contribution in [1.29, 1.82) is 5.26 Å². The lowest BCUT2D eigenvalue weighted by Crippen LogP contribution is -2.50. The van der Waals surface area contributed by atoms with E-state index in [2.05, 4.69) is 20.9 Å². The van der Waals surface area contributed by atoms with Crippen LogP contribution in [0.25, 0.3) is 0 Å². The van der Waals surface area contributed by atoms with Gasteiger partial charge >= 0.3 is 24.2 Å². The van der Waals surface area contributed by atoms with Gasteiger partial charge in [-0.25, -0.2) is 13.8 Å². The van der Waals surface area contributed by atoms with E-state index in [9.17, 15) is 57.9 Å². The number of nitrogens with one attached hydrogen (secondary N) is 1. The highest BCUT2D eigenvalue weighted by atomic mass is 79.9. The van der Waals surface area contributed by atoms with Gasteiger partial charge in [0, 0.05) is 29.2 Å². The molecule has 3 rings (SSSR count). The molecule has 246 valence electrons. The Labute approximate surface area is 258 Å². The molecule has 2 amide bonds. The second kappa shape index (κ2) is 13.2. The third-order valence-corrected chi connectivity index (χ3v) is 6.84. The number of nitriles is 1. The summed E-state index contributed by atoms with van der Waals surface area (Å²) in [5.41, 5.74) is -14.6. The van der Waals surface area contributed by atoms with Crippen LogP contribution in [-0.2, 0) is 11.8 Å². The number of anilines is 2. The normalized spacial score (nSPS) is 12.4. The summed E-state index contributed by atoms with van der Waals surface area (Å²) in [7, 11) is 0. The van der Waals surface area contributed by atoms with E-state index >= 15 is 4.39 Å². The molecule has 0 saturated heterocycles. The van der Waals surface area contributed by atoms with Crippen molar-refractivity contribution in [2.75, 3.05) is 16.8 Å². The number of carbonyl (C=O) groups is 2. The van der Waals surface area contributed by atoms with Crippen molar-refractivity contribution in [2.45, 2.75) is 37.0 Å². The number of carbonyl (C=O) groups excluding carboxylic acids is 2. The summed E-state index contributed by atoms with van der Waals surface area (Å²) in [6.07, 6.45) is -18.7. The van der Waals surface area contributed by atoms with E-state index in [-0.39, 0.29) is 31.0 Å². The fourth-order valence-electron chi connectivity index (χ4n) is 4.03. The SMILES string of the molecule is N#CCCCN(C(=O)c1ccc(F)nc1)c1cccc(C(=O)Nc2c(Br)cc(C(F)(C(F)(F)F)C(F)(F)F)cc2C(F)(F)F)c1F. The quantitative estimate of drug-likeness (QED) is 0.143. The van der Waals surface area contributed by atoms with Gasteiger partial charge in [-0.05, 0) is 58.7 Å². The van der Waals surface area contributed by atoms with Crippen molar-refractivity contribution in [1.82, 2.24) is 4.98 Å². The van der Waals surface area contributed by atoms with Crippen LogP contribution in [0.15, 0.2) is 53.1 Å². The fourth-order valence-corrected chi connectivity index (χ4v) is 4.59. The van der Waals surface area contributed by atoms with E-state index in [1.807, 2.05) is 0 Å². The molecule has 0 spiro atoms. The Morgan fingerprint density at radius 3 is 2.09 bits per heavy atom. The van der Waals surface area contributed by atoms with E-state index in [0.717, 1.165) is 41.4 Å². The summed E-state index contributed by atoms with van der Waals surface area (Å²) < 4.78 is 163. The molecule has 1 heterocycles. The maximum absolute atomic E-state index is 15.7. The zero-order chi connectivity index (χ0) is 34.8. The van der Waals surface area contributed by atoms with Crippen LogP contribution in [-0.4, -0.2) is 35.7 Å². The molecule has 0 aliphatic rings. The summed E-state index contributed by atoms with van der Waals surface area (Å²) in [5.74, 6) is -5.21. The number of benzene rings is 2. The highest BCUT2D eigenvalue weighted by Crippen LogP contribution is 2.55. The molecule has 6 nitrogen and oxygen atoms in total. The molecule has 1 aromatic heterocycles. The molecule has 0 fully saturated rings. The number of nitrogens with zero attached hydrogens (tertiary/aromatic N) is 3. The van der Waals surface area contributed by atoms with Gasteiger partial charge in [0.15, 0.2) is 5.82 Å². The Morgan fingerprint density at radius 2 is 1.57 bits per heavy atom. The van der Waals surface area contributed by atoms with Crippen LogP contribution in [0, 0.1) is 23.1 Å². The van der Waals surface area contributed by atoms with Gasteiger partial charge in [0.05, 0.1) is 34.1 Å². The minimum Gasteiger partial charge on any atom is -0.320 e. The average Bonchev–Trinajstić information content (AvgIpc) is 2.94. The Kier molecular flexibility index (Phi) is 10.4. The maximum Gasteiger partial charge on any atom is 0.435 e. The van der Waals surface area contributed by atoms with Crippen molar-refractivity contribution in [3.05, 3.63) is 87.2 Å². The number of alkyl halides is 10. The lowest BCUT2D eigenvalue weighted by molar-refractivity contribution is -0.348. The lowest BCUT2D eigenvalue weighted by atomic mass is 9.92. The number of aromatic nitrogens is 1. The smallest absolute Gasteiger partial charge is 0.320 e. The number of unbranched alkanes of at least 4 members (excludes halogenated alkanes) is 1. The third kappa shape index (κ3) is 7.21.